The van der Waals surface area contributed by atoms with Crippen LogP contribution in [0, 0.1) is 0 Å². The monoisotopic (exact) mass is 328 g/mol. The van der Waals surface area contributed by atoms with Gasteiger partial charge < -0.3 is 9.47 Å². The highest BCUT2D eigenvalue weighted by atomic mass is 16.2. The number of likely N-dealkylation sites (N-methyl/N-ethyl adjacent to an activating group) is 1. The molecule has 2 aromatic rings. The number of aromatic nitrogens is 2. The minimum Gasteiger partial charge on any atom is -0.303 e. The van der Waals surface area contributed by atoms with Crippen molar-refractivity contribution >= 4 is 0 Å². The molecule has 1 aliphatic rings. The smallest absolute Gasteiger partial charge is 0.303 e. The number of nitrogens with zero attached hydrogens (tertiary/aromatic N) is 4. The maximum atomic E-state index is 12.4. The van der Waals surface area contributed by atoms with E-state index >= 15 is 0 Å². The third kappa shape index (κ3) is 3.20. The highest BCUT2D eigenvalue weighted by Crippen LogP contribution is 2.25. The highest BCUT2D eigenvalue weighted by molar-refractivity contribution is 5.20. The summed E-state index contributed by atoms with van der Waals surface area (Å²) >= 11 is 0. The molecule has 2 heterocycles. The van der Waals surface area contributed by atoms with Gasteiger partial charge in [0.15, 0.2) is 0 Å². The highest BCUT2D eigenvalue weighted by Gasteiger charge is 2.27. The largest absolute Gasteiger partial charge is 0.330 e. The van der Waals surface area contributed by atoms with Crippen molar-refractivity contribution < 1.29 is 0 Å². The lowest BCUT2D eigenvalue weighted by molar-refractivity contribution is 0.0826. The molecule has 0 aliphatic carbocycles. The first-order valence-corrected chi connectivity index (χ1v) is 8.20. The van der Waals surface area contributed by atoms with E-state index in [0.717, 1.165) is 19.6 Å². The molecule has 0 spiro atoms. The van der Waals surface area contributed by atoms with Crippen molar-refractivity contribution in [3.05, 3.63) is 68.5 Å². The molecule has 1 atom stereocenters. The number of rotatable bonds is 3. The van der Waals surface area contributed by atoms with Gasteiger partial charge >= 0.3 is 5.69 Å². The van der Waals surface area contributed by atoms with E-state index in [4.69, 9.17) is 0 Å². The van der Waals surface area contributed by atoms with Crippen LogP contribution in [0.4, 0.5) is 0 Å². The molecule has 1 fully saturated rings. The number of hydrogen-bond donors (Lipinski definition) is 0. The molecule has 1 aromatic heterocycles. The van der Waals surface area contributed by atoms with Crippen LogP contribution < -0.4 is 11.2 Å². The van der Waals surface area contributed by atoms with Crippen LogP contribution in [-0.4, -0.2) is 45.6 Å². The van der Waals surface area contributed by atoms with Crippen LogP contribution in [0.25, 0.3) is 0 Å². The Labute approximate surface area is 141 Å². The second-order valence-electron chi connectivity index (χ2n) is 6.57. The van der Waals surface area contributed by atoms with Crippen molar-refractivity contribution in [3.63, 3.8) is 0 Å². The SMILES string of the molecule is CN1CCN(Cc2cn(C)c(=O)n(C)c2=O)C(c2ccccc2)C1. The van der Waals surface area contributed by atoms with E-state index < -0.39 is 0 Å². The van der Waals surface area contributed by atoms with Crippen LogP contribution >= 0.6 is 0 Å². The van der Waals surface area contributed by atoms with Crippen molar-refractivity contribution in [3.8, 4) is 0 Å². The third-order valence-electron chi connectivity index (χ3n) is 4.77. The van der Waals surface area contributed by atoms with E-state index in [1.54, 1.807) is 13.2 Å². The predicted molar refractivity (Wildman–Crippen MR) is 94.0 cm³/mol. The van der Waals surface area contributed by atoms with Crippen LogP contribution in [0.15, 0.2) is 46.1 Å². The lowest BCUT2D eigenvalue weighted by atomic mass is 10.0. The Bertz CT molecular complexity index is 825. The fourth-order valence-corrected chi connectivity index (χ4v) is 3.35. The van der Waals surface area contributed by atoms with Crippen LogP contribution in [-0.2, 0) is 20.6 Å². The van der Waals surface area contributed by atoms with E-state index in [-0.39, 0.29) is 17.3 Å². The topological polar surface area (TPSA) is 50.5 Å². The maximum Gasteiger partial charge on any atom is 0.330 e. The summed E-state index contributed by atoms with van der Waals surface area (Å²) in [4.78, 5) is 28.9. The standard InChI is InChI=1S/C18H24N4O2/c1-19-9-10-22(16(13-19)14-7-5-4-6-8-14)12-15-11-20(2)18(24)21(3)17(15)23/h4-8,11,16H,9-10,12-13H2,1-3H3. The number of hydrogen-bond acceptors (Lipinski definition) is 4. The summed E-state index contributed by atoms with van der Waals surface area (Å²) in [6.45, 7) is 3.34. The van der Waals surface area contributed by atoms with Gasteiger partial charge in [0.1, 0.15) is 0 Å². The molecule has 0 saturated carbocycles. The fourth-order valence-electron chi connectivity index (χ4n) is 3.35. The van der Waals surface area contributed by atoms with Crippen molar-refractivity contribution in [2.45, 2.75) is 12.6 Å². The average Bonchev–Trinajstić information content (AvgIpc) is 2.60. The van der Waals surface area contributed by atoms with E-state index in [0.29, 0.717) is 12.1 Å². The minimum absolute atomic E-state index is 0.205. The lowest BCUT2D eigenvalue weighted by Gasteiger charge is -2.40. The van der Waals surface area contributed by atoms with Crippen LogP contribution in [0.1, 0.15) is 17.2 Å². The van der Waals surface area contributed by atoms with Gasteiger partial charge in [-0.25, -0.2) is 4.79 Å². The fraction of sp³-hybridized carbons (Fsp3) is 0.444. The number of benzene rings is 1. The molecule has 3 rings (SSSR count). The summed E-state index contributed by atoms with van der Waals surface area (Å²) in [5.74, 6) is 0. The Morgan fingerprint density at radius 2 is 1.75 bits per heavy atom. The Hall–Kier alpha value is -2.18. The van der Waals surface area contributed by atoms with Gasteiger partial charge in [-0.3, -0.25) is 14.3 Å². The van der Waals surface area contributed by atoms with Gasteiger partial charge in [0.25, 0.3) is 5.56 Å². The first-order chi connectivity index (χ1) is 11.5. The van der Waals surface area contributed by atoms with Crippen molar-refractivity contribution in [1.29, 1.82) is 0 Å². The molecule has 1 unspecified atom stereocenters. The molecule has 0 bridgehead atoms. The number of piperazine rings is 1. The van der Waals surface area contributed by atoms with Crippen molar-refractivity contribution in [1.82, 2.24) is 18.9 Å². The average molecular weight is 328 g/mol. The Balaban J connectivity index is 1.93. The zero-order valence-corrected chi connectivity index (χ0v) is 14.5. The summed E-state index contributed by atoms with van der Waals surface area (Å²) in [6.07, 6.45) is 1.67. The molecule has 0 N–H and O–H groups in total. The summed E-state index contributed by atoms with van der Waals surface area (Å²) in [6, 6.07) is 10.6. The maximum absolute atomic E-state index is 12.4. The molecular formula is C18H24N4O2. The molecule has 0 amide bonds. The summed E-state index contributed by atoms with van der Waals surface area (Å²) in [5.41, 5.74) is 1.42. The molecule has 1 aromatic carbocycles. The quantitative estimate of drug-likeness (QED) is 0.827. The summed E-state index contributed by atoms with van der Waals surface area (Å²) in [7, 11) is 5.34. The lowest BCUT2D eigenvalue weighted by Crippen LogP contribution is -2.48. The Morgan fingerprint density at radius 1 is 1.04 bits per heavy atom. The zero-order valence-electron chi connectivity index (χ0n) is 14.5. The normalized spacial score (nSPS) is 19.5. The Morgan fingerprint density at radius 3 is 2.46 bits per heavy atom. The van der Waals surface area contributed by atoms with Gasteiger partial charge in [0.2, 0.25) is 0 Å². The molecule has 0 radical (unpaired) electrons. The van der Waals surface area contributed by atoms with E-state index in [2.05, 4.69) is 29.0 Å². The second-order valence-corrected chi connectivity index (χ2v) is 6.57. The molecule has 128 valence electrons. The van der Waals surface area contributed by atoms with Gasteiger partial charge in [0.05, 0.1) is 0 Å². The Kier molecular flexibility index (Phi) is 4.69. The number of aryl methyl sites for hydroxylation is 1. The van der Waals surface area contributed by atoms with Crippen molar-refractivity contribution in [2.24, 2.45) is 14.1 Å². The van der Waals surface area contributed by atoms with E-state index in [1.807, 2.05) is 18.2 Å². The third-order valence-corrected chi connectivity index (χ3v) is 4.77. The second kappa shape index (κ2) is 6.75. The summed E-state index contributed by atoms with van der Waals surface area (Å²) in [5, 5.41) is 0. The van der Waals surface area contributed by atoms with Crippen LogP contribution in [0.5, 0.6) is 0 Å². The first-order valence-electron chi connectivity index (χ1n) is 8.20. The van der Waals surface area contributed by atoms with Crippen molar-refractivity contribution in [2.75, 3.05) is 26.7 Å². The van der Waals surface area contributed by atoms with Gasteiger partial charge in [0, 0.05) is 58.1 Å². The first kappa shape index (κ1) is 16.7. The van der Waals surface area contributed by atoms with E-state index in [1.165, 1.54) is 21.7 Å². The minimum atomic E-state index is -0.290. The molecule has 24 heavy (non-hydrogen) atoms. The van der Waals surface area contributed by atoms with Gasteiger partial charge in [-0.15, -0.1) is 0 Å². The van der Waals surface area contributed by atoms with Gasteiger partial charge in [-0.05, 0) is 12.6 Å². The molecule has 1 saturated heterocycles. The molecule has 6 heteroatoms. The molecule has 6 nitrogen and oxygen atoms in total. The van der Waals surface area contributed by atoms with E-state index in [9.17, 15) is 9.59 Å². The zero-order chi connectivity index (χ0) is 17.3. The van der Waals surface area contributed by atoms with Gasteiger partial charge in [-0.2, -0.15) is 0 Å². The molecule has 1 aliphatic heterocycles. The van der Waals surface area contributed by atoms with Gasteiger partial charge in [-0.1, -0.05) is 30.3 Å². The predicted octanol–water partition coefficient (Wildman–Crippen LogP) is 0.573. The van der Waals surface area contributed by atoms with Crippen LogP contribution in [0.2, 0.25) is 0 Å². The molecular weight excluding hydrogens is 304 g/mol. The summed E-state index contributed by atoms with van der Waals surface area (Å²) < 4.78 is 2.66. The van der Waals surface area contributed by atoms with Crippen LogP contribution in [0.3, 0.4) is 0 Å².